The second-order valence-corrected chi connectivity index (χ2v) is 15.1. The van der Waals surface area contributed by atoms with Crippen molar-refractivity contribution >= 4 is 44.8 Å². The van der Waals surface area contributed by atoms with E-state index in [0.29, 0.717) is 0 Å². The minimum atomic E-state index is 0.807. The quantitative estimate of drug-likeness (QED) is 0.148. The van der Waals surface area contributed by atoms with E-state index in [1.54, 1.807) is 0 Å². The zero-order valence-electron chi connectivity index (χ0n) is 31.3. The summed E-state index contributed by atoms with van der Waals surface area (Å²) in [6, 6.07) is 40.3. The van der Waals surface area contributed by atoms with Gasteiger partial charge in [-0.25, -0.2) is 0 Å². The van der Waals surface area contributed by atoms with Gasteiger partial charge in [-0.1, -0.05) is 85.3 Å². The molecule has 3 heteroatoms. The monoisotopic (exact) mass is 682 g/mol. The molecule has 2 saturated carbocycles. The molecule has 3 aliphatic rings. The molecule has 1 N–H and O–H groups in total. The molecule has 5 aromatic carbocycles. The first-order chi connectivity index (χ1) is 25.5. The third-order valence-electron chi connectivity index (χ3n) is 12.0. The molecule has 3 atom stereocenters. The molecule has 0 aromatic heterocycles. The fourth-order valence-corrected chi connectivity index (χ4v) is 9.35. The lowest BCUT2D eigenvalue weighted by atomic mass is 9.87. The summed E-state index contributed by atoms with van der Waals surface area (Å²) in [4.78, 5) is 2.41. The van der Waals surface area contributed by atoms with E-state index >= 15 is 0 Å². The van der Waals surface area contributed by atoms with Crippen molar-refractivity contribution in [3.8, 4) is 0 Å². The lowest BCUT2D eigenvalue weighted by Crippen LogP contribution is -2.20. The number of hydrogen-bond donors (Lipinski definition) is 1. The van der Waals surface area contributed by atoms with Crippen molar-refractivity contribution in [3.63, 3.8) is 0 Å². The predicted molar refractivity (Wildman–Crippen MR) is 223 cm³/mol. The molecule has 52 heavy (non-hydrogen) atoms. The van der Waals surface area contributed by atoms with Gasteiger partial charge in [0.05, 0.1) is 0 Å². The smallest absolute Gasteiger partial charge is 0.208 e. The molecular formula is C49H52N3+. The van der Waals surface area contributed by atoms with Gasteiger partial charge in [-0.15, -0.1) is 0 Å². The number of nitrogens with zero attached hydrogens (tertiary/aromatic N) is 2. The van der Waals surface area contributed by atoms with Crippen LogP contribution in [0.4, 0.5) is 22.7 Å². The van der Waals surface area contributed by atoms with Crippen LogP contribution in [0.5, 0.6) is 0 Å². The lowest BCUT2D eigenvalue weighted by molar-refractivity contribution is -0.435. The fraction of sp³-hybridized carbons (Fsp3) is 0.286. The van der Waals surface area contributed by atoms with Crippen LogP contribution in [0.1, 0.15) is 61.8 Å². The van der Waals surface area contributed by atoms with Gasteiger partial charge in [-0.05, 0) is 134 Å². The number of rotatable bonds is 10. The van der Waals surface area contributed by atoms with Crippen LogP contribution in [0.15, 0.2) is 139 Å². The molecule has 0 spiro atoms. The average Bonchev–Trinajstić information content (AvgIpc) is 3.82. The van der Waals surface area contributed by atoms with Crippen molar-refractivity contribution in [3.05, 3.63) is 161 Å². The standard InChI is InChI=1S/C49H51N3/c1-5-51(47-17-11-7-13-34(47)3)41-25-21-37(22-26-41)49(38-23-27-42(28-24-38)52(6-2)48-18-12-8-14-35(48)4)45-29-30-46(44-16-10-9-15-43(44)45)50-33-40-32-36-19-20-39(40)31-36/h7-18,21-30,36,39-40H,5-6,19-20,31-33H2,1-4H3/p+1. The van der Waals surface area contributed by atoms with E-state index in [1.165, 1.54) is 98.3 Å². The van der Waals surface area contributed by atoms with Crippen LogP contribution in [0.25, 0.3) is 16.3 Å². The van der Waals surface area contributed by atoms with Crippen LogP contribution in [0.3, 0.4) is 0 Å². The highest BCUT2D eigenvalue weighted by Gasteiger charge is 2.39. The van der Waals surface area contributed by atoms with E-state index in [0.717, 1.165) is 37.4 Å². The summed E-state index contributed by atoms with van der Waals surface area (Å²) in [5.74, 6) is 2.69. The van der Waals surface area contributed by atoms with Crippen LogP contribution in [-0.2, 0) is 0 Å². The van der Waals surface area contributed by atoms with Crippen molar-refractivity contribution < 1.29 is 4.58 Å². The van der Waals surface area contributed by atoms with Gasteiger partial charge in [0.1, 0.15) is 6.54 Å². The minimum absolute atomic E-state index is 0.807. The van der Waals surface area contributed by atoms with E-state index in [9.17, 15) is 0 Å². The molecular weight excluding hydrogens is 631 g/mol. The summed E-state index contributed by atoms with van der Waals surface area (Å²) in [5.41, 5.74) is 13.7. The molecule has 5 aromatic rings. The molecule has 3 unspecified atom stereocenters. The second kappa shape index (κ2) is 14.8. The van der Waals surface area contributed by atoms with E-state index < -0.39 is 0 Å². The minimum Gasteiger partial charge on any atom is -0.384 e. The lowest BCUT2D eigenvalue weighted by Gasteiger charge is -2.26. The molecule has 0 amide bonds. The third-order valence-corrected chi connectivity index (χ3v) is 12.0. The van der Waals surface area contributed by atoms with E-state index in [-0.39, 0.29) is 0 Å². The Labute approximate surface area is 310 Å². The molecule has 3 nitrogen and oxygen atoms in total. The van der Waals surface area contributed by atoms with Crippen molar-refractivity contribution in [2.45, 2.75) is 53.4 Å². The van der Waals surface area contributed by atoms with Gasteiger partial charge < -0.3 is 10.2 Å². The Balaban J connectivity index is 1.21. The number of nitrogens with one attached hydrogen (secondary N) is 1. The summed E-state index contributed by atoms with van der Waals surface area (Å²) in [6.45, 7) is 11.7. The van der Waals surface area contributed by atoms with Gasteiger partial charge in [0, 0.05) is 59.3 Å². The number of benzene rings is 5. The van der Waals surface area contributed by atoms with Crippen LogP contribution < -0.4 is 10.2 Å². The molecule has 262 valence electrons. The van der Waals surface area contributed by atoms with E-state index in [4.69, 9.17) is 0 Å². The van der Waals surface area contributed by atoms with Gasteiger partial charge in [0.15, 0.2) is 0 Å². The molecule has 0 heterocycles. The Kier molecular flexibility index (Phi) is 9.69. The molecule has 2 fully saturated rings. The Morgan fingerprint density at radius 2 is 1.42 bits per heavy atom. The Morgan fingerprint density at radius 3 is 2.10 bits per heavy atom. The highest BCUT2D eigenvalue weighted by atomic mass is 15.1. The summed E-state index contributed by atoms with van der Waals surface area (Å²) >= 11 is 0. The maximum Gasteiger partial charge on any atom is 0.208 e. The second-order valence-electron chi connectivity index (χ2n) is 15.1. The summed E-state index contributed by atoms with van der Waals surface area (Å²) in [6.07, 6.45) is 15.0. The molecule has 8 rings (SSSR count). The van der Waals surface area contributed by atoms with Crippen LogP contribution >= 0.6 is 0 Å². The third kappa shape index (κ3) is 6.54. The zero-order chi connectivity index (χ0) is 35.6. The largest absolute Gasteiger partial charge is 0.384 e. The fourth-order valence-electron chi connectivity index (χ4n) is 9.35. The molecule has 0 radical (unpaired) electrons. The van der Waals surface area contributed by atoms with Crippen molar-refractivity contribution in [2.24, 2.45) is 17.8 Å². The summed E-state index contributed by atoms with van der Waals surface area (Å²) < 4.78 is 2.41. The normalized spacial score (nSPS) is 19.0. The van der Waals surface area contributed by atoms with E-state index in [1.807, 2.05) is 0 Å². The first kappa shape index (κ1) is 34.0. The van der Waals surface area contributed by atoms with E-state index in [2.05, 4.69) is 176 Å². The number of para-hydroxylation sites is 2. The predicted octanol–water partition coefficient (Wildman–Crippen LogP) is 12.2. The first-order valence-electron chi connectivity index (χ1n) is 19.5. The van der Waals surface area contributed by atoms with Gasteiger partial charge in [0.25, 0.3) is 0 Å². The first-order valence-corrected chi connectivity index (χ1v) is 19.5. The summed E-state index contributed by atoms with van der Waals surface area (Å²) in [7, 11) is 0. The highest BCUT2D eigenvalue weighted by Crippen LogP contribution is 2.48. The number of anilines is 3. The number of fused-ring (bicyclic) bond motifs is 3. The van der Waals surface area contributed by atoms with Crippen molar-refractivity contribution in [1.29, 1.82) is 0 Å². The molecule has 0 aliphatic heterocycles. The van der Waals surface area contributed by atoms with Crippen LogP contribution in [-0.4, -0.2) is 29.9 Å². The number of allylic oxidation sites excluding steroid dienone is 5. The van der Waals surface area contributed by atoms with Crippen LogP contribution in [0.2, 0.25) is 0 Å². The average molecular weight is 683 g/mol. The van der Waals surface area contributed by atoms with Crippen molar-refractivity contribution in [2.75, 3.05) is 29.9 Å². The number of aryl methyl sites for hydroxylation is 2. The zero-order valence-corrected chi connectivity index (χ0v) is 31.3. The highest BCUT2D eigenvalue weighted by molar-refractivity contribution is 6.07. The SMILES string of the molecule is CCN(c1ccc(C(=C2C=CC(=[N+](CC)c3ccccc3C)C=C2)c2ccc(NCC3CC4CCC3C4)c3ccccc23)cc1)c1ccccc1C. The summed E-state index contributed by atoms with van der Waals surface area (Å²) in [5, 5.41) is 6.51. The van der Waals surface area contributed by atoms with Gasteiger partial charge in [-0.3, -0.25) is 0 Å². The van der Waals surface area contributed by atoms with Gasteiger partial charge in [-0.2, -0.15) is 4.58 Å². The number of hydrogen-bond acceptors (Lipinski definition) is 2. The Hall–Kier alpha value is -5.15. The van der Waals surface area contributed by atoms with Crippen molar-refractivity contribution in [1.82, 2.24) is 0 Å². The molecule has 0 saturated heterocycles. The molecule has 3 aliphatic carbocycles. The van der Waals surface area contributed by atoms with Gasteiger partial charge >= 0.3 is 0 Å². The Bertz CT molecular complexity index is 2200. The van der Waals surface area contributed by atoms with Crippen LogP contribution in [0, 0.1) is 31.6 Å². The van der Waals surface area contributed by atoms with Gasteiger partial charge in [0.2, 0.25) is 11.4 Å². The maximum absolute atomic E-state index is 3.93. The Morgan fingerprint density at radius 1 is 0.712 bits per heavy atom. The topological polar surface area (TPSA) is 18.3 Å². The molecule has 2 bridgehead atoms. The maximum atomic E-state index is 3.93.